The van der Waals surface area contributed by atoms with Crippen molar-refractivity contribution in [3.8, 4) is 0 Å². The second kappa shape index (κ2) is 6.37. The van der Waals surface area contributed by atoms with Gasteiger partial charge in [-0.3, -0.25) is 10.1 Å². The minimum atomic E-state index is -0.483. The van der Waals surface area contributed by atoms with E-state index in [0.717, 1.165) is 24.1 Å². The highest BCUT2D eigenvalue weighted by Crippen LogP contribution is 2.26. The summed E-state index contributed by atoms with van der Waals surface area (Å²) in [5.74, 6) is -0.420. The number of hydrogen-bond acceptors (Lipinski definition) is 3. The number of nitrogens with zero attached hydrogens (tertiary/aromatic N) is 2. The summed E-state index contributed by atoms with van der Waals surface area (Å²) in [6, 6.07) is 8.17. The molecule has 0 bridgehead atoms. The molecule has 0 radical (unpaired) electrons. The van der Waals surface area contributed by atoms with Crippen molar-refractivity contribution < 1.29 is 9.59 Å². The first kappa shape index (κ1) is 15.0. The summed E-state index contributed by atoms with van der Waals surface area (Å²) in [4.78, 5) is 24.4. The number of allylic oxidation sites excluding steroid dienone is 2. The Hall–Kier alpha value is -2.40. The molecule has 1 N–H and O–H groups in total. The first-order valence-electron chi connectivity index (χ1n) is 6.76. The van der Waals surface area contributed by atoms with Gasteiger partial charge in [0.15, 0.2) is 0 Å². The lowest BCUT2D eigenvalue weighted by atomic mass is 10.2. The van der Waals surface area contributed by atoms with E-state index in [-0.39, 0.29) is 0 Å². The third-order valence-corrected chi connectivity index (χ3v) is 3.22. The molecule has 5 nitrogen and oxygen atoms in total. The van der Waals surface area contributed by atoms with E-state index in [1.165, 1.54) is 5.01 Å². The molecule has 1 aromatic carbocycles. The molecule has 0 unspecified atom stereocenters. The SMILES string of the molecule is C=C1CCC=C1N(C(=O)NC(=O)c1ccccc1)N(C)C. The highest BCUT2D eigenvalue weighted by molar-refractivity contribution is 6.04. The molecule has 21 heavy (non-hydrogen) atoms. The zero-order valence-corrected chi connectivity index (χ0v) is 12.3. The fourth-order valence-electron chi connectivity index (χ4n) is 2.21. The maximum Gasteiger partial charge on any atom is 0.343 e. The number of carbonyl (C=O) groups is 2. The molecule has 0 aromatic heterocycles. The van der Waals surface area contributed by atoms with Gasteiger partial charge in [0.1, 0.15) is 0 Å². The molecule has 3 amide bonds. The van der Waals surface area contributed by atoms with Crippen LogP contribution in [0.5, 0.6) is 0 Å². The first-order valence-corrected chi connectivity index (χ1v) is 6.76. The first-order chi connectivity index (χ1) is 10.0. The Kier molecular flexibility index (Phi) is 4.55. The van der Waals surface area contributed by atoms with Crippen LogP contribution in [0.1, 0.15) is 23.2 Å². The third kappa shape index (κ3) is 3.38. The smallest absolute Gasteiger partial charge is 0.272 e. The zero-order chi connectivity index (χ0) is 15.4. The monoisotopic (exact) mass is 285 g/mol. The Morgan fingerprint density at radius 1 is 1.19 bits per heavy atom. The van der Waals surface area contributed by atoms with Gasteiger partial charge in [-0.15, -0.1) is 0 Å². The number of nitrogens with one attached hydrogen (secondary N) is 1. The summed E-state index contributed by atoms with van der Waals surface area (Å²) in [5, 5.41) is 5.46. The number of urea groups is 1. The molecule has 5 heteroatoms. The summed E-state index contributed by atoms with van der Waals surface area (Å²) >= 11 is 0. The maximum atomic E-state index is 12.4. The van der Waals surface area contributed by atoms with Crippen LogP contribution in [0.2, 0.25) is 0 Å². The Balaban J connectivity index is 2.13. The molecule has 0 saturated carbocycles. The van der Waals surface area contributed by atoms with E-state index in [4.69, 9.17) is 0 Å². The number of hydrazine groups is 1. The van der Waals surface area contributed by atoms with Crippen LogP contribution in [0.15, 0.2) is 54.3 Å². The fourth-order valence-corrected chi connectivity index (χ4v) is 2.21. The van der Waals surface area contributed by atoms with Crippen LogP contribution in [-0.2, 0) is 0 Å². The second-order valence-electron chi connectivity index (χ2n) is 5.02. The summed E-state index contributed by atoms with van der Waals surface area (Å²) in [6.45, 7) is 3.96. The standard InChI is InChI=1S/C16H19N3O2/c1-12-8-7-11-14(12)19(18(2)3)16(21)17-15(20)13-9-5-4-6-10-13/h4-6,9-11H,1,7-8H2,2-3H3,(H,17,20,21). The quantitative estimate of drug-likeness (QED) is 0.868. The minimum Gasteiger partial charge on any atom is -0.272 e. The van der Waals surface area contributed by atoms with Gasteiger partial charge in [-0.25, -0.2) is 14.8 Å². The van der Waals surface area contributed by atoms with E-state index < -0.39 is 11.9 Å². The topological polar surface area (TPSA) is 52.7 Å². The summed E-state index contributed by atoms with van der Waals surface area (Å²) in [5.41, 5.74) is 2.09. The summed E-state index contributed by atoms with van der Waals surface area (Å²) < 4.78 is 0. The Morgan fingerprint density at radius 3 is 2.38 bits per heavy atom. The zero-order valence-electron chi connectivity index (χ0n) is 12.3. The van der Waals surface area contributed by atoms with Crippen molar-refractivity contribution in [1.29, 1.82) is 0 Å². The molecular formula is C16H19N3O2. The molecule has 0 heterocycles. The number of rotatable bonds is 3. The van der Waals surface area contributed by atoms with Crippen LogP contribution in [0.4, 0.5) is 4.79 Å². The van der Waals surface area contributed by atoms with Gasteiger partial charge in [-0.1, -0.05) is 30.9 Å². The number of amides is 3. The van der Waals surface area contributed by atoms with E-state index >= 15 is 0 Å². The number of carbonyl (C=O) groups excluding carboxylic acids is 2. The van der Waals surface area contributed by atoms with Crippen molar-refractivity contribution in [2.75, 3.05) is 14.1 Å². The van der Waals surface area contributed by atoms with Gasteiger partial charge < -0.3 is 0 Å². The van der Waals surface area contributed by atoms with E-state index in [0.29, 0.717) is 5.56 Å². The van der Waals surface area contributed by atoms with Gasteiger partial charge in [-0.2, -0.15) is 0 Å². The molecule has 1 aromatic rings. The van der Waals surface area contributed by atoms with Crippen molar-refractivity contribution in [3.63, 3.8) is 0 Å². The number of benzene rings is 1. The summed E-state index contributed by atoms with van der Waals surface area (Å²) in [6.07, 6.45) is 3.65. The molecule has 0 saturated heterocycles. The molecule has 1 aliphatic carbocycles. The van der Waals surface area contributed by atoms with E-state index in [9.17, 15) is 9.59 Å². The maximum absolute atomic E-state index is 12.4. The van der Waals surface area contributed by atoms with Crippen LogP contribution in [0.3, 0.4) is 0 Å². The van der Waals surface area contributed by atoms with Crippen LogP contribution in [-0.4, -0.2) is 36.1 Å². The van der Waals surface area contributed by atoms with Crippen molar-refractivity contribution >= 4 is 11.9 Å². The number of imide groups is 1. The Bertz CT molecular complexity index is 591. The predicted octanol–water partition coefficient (Wildman–Crippen LogP) is 2.55. The normalized spacial score (nSPS) is 14.0. The fraction of sp³-hybridized carbons (Fsp3) is 0.250. The van der Waals surface area contributed by atoms with Gasteiger partial charge in [-0.05, 0) is 30.5 Å². The van der Waals surface area contributed by atoms with E-state index in [1.54, 1.807) is 43.4 Å². The predicted molar refractivity (Wildman–Crippen MR) is 81.3 cm³/mol. The lowest BCUT2D eigenvalue weighted by molar-refractivity contribution is 0.0840. The van der Waals surface area contributed by atoms with Gasteiger partial charge in [0.25, 0.3) is 5.91 Å². The largest absolute Gasteiger partial charge is 0.343 e. The van der Waals surface area contributed by atoms with Crippen LogP contribution < -0.4 is 5.32 Å². The van der Waals surface area contributed by atoms with Crippen molar-refractivity contribution in [1.82, 2.24) is 15.3 Å². The molecule has 1 aliphatic rings. The molecule has 0 fully saturated rings. The van der Waals surface area contributed by atoms with E-state index in [2.05, 4.69) is 11.9 Å². The van der Waals surface area contributed by atoms with Gasteiger partial charge >= 0.3 is 6.03 Å². The summed E-state index contributed by atoms with van der Waals surface area (Å²) in [7, 11) is 3.50. The third-order valence-electron chi connectivity index (χ3n) is 3.22. The van der Waals surface area contributed by atoms with Crippen molar-refractivity contribution in [2.45, 2.75) is 12.8 Å². The van der Waals surface area contributed by atoms with Crippen LogP contribution >= 0.6 is 0 Å². The highest BCUT2D eigenvalue weighted by atomic mass is 16.2. The van der Waals surface area contributed by atoms with Gasteiger partial charge in [0, 0.05) is 19.7 Å². The van der Waals surface area contributed by atoms with Crippen molar-refractivity contribution in [2.24, 2.45) is 0 Å². The minimum absolute atomic E-state index is 0.420. The Labute approximate surface area is 124 Å². The second-order valence-corrected chi connectivity index (χ2v) is 5.02. The molecule has 110 valence electrons. The van der Waals surface area contributed by atoms with Crippen molar-refractivity contribution in [3.05, 3.63) is 59.8 Å². The lowest BCUT2D eigenvalue weighted by Gasteiger charge is -2.30. The molecule has 0 spiro atoms. The highest BCUT2D eigenvalue weighted by Gasteiger charge is 2.26. The van der Waals surface area contributed by atoms with E-state index in [1.807, 2.05) is 12.1 Å². The molecular weight excluding hydrogens is 266 g/mol. The molecule has 0 aliphatic heterocycles. The lowest BCUT2D eigenvalue weighted by Crippen LogP contribution is -2.48. The van der Waals surface area contributed by atoms with Crippen LogP contribution in [0, 0.1) is 0 Å². The molecule has 0 atom stereocenters. The molecule has 2 rings (SSSR count). The average Bonchev–Trinajstić information content (AvgIpc) is 2.85. The van der Waals surface area contributed by atoms with Gasteiger partial charge in [0.2, 0.25) is 0 Å². The number of hydrogen-bond donors (Lipinski definition) is 1. The average molecular weight is 285 g/mol. The van der Waals surface area contributed by atoms with Crippen LogP contribution in [0.25, 0.3) is 0 Å². The van der Waals surface area contributed by atoms with Gasteiger partial charge in [0.05, 0.1) is 5.70 Å². The Morgan fingerprint density at radius 2 is 1.86 bits per heavy atom.